The number of aromatic nitrogens is 1. The first-order chi connectivity index (χ1) is 13.5. The monoisotopic (exact) mass is 400 g/mol. The van der Waals surface area contributed by atoms with Gasteiger partial charge < -0.3 is 9.47 Å². The molecule has 3 rings (SSSR count). The van der Waals surface area contributed by atoms with E-state index in [4.69, 9.17) is 11.6 Å². The minimum atomic E-state index is 0.302. The Kier molecular flexibility index (Phi) is 7.61. The Balaban J connectivity index is 1.65. The van der Waals surface area contributed by atoms with Crippen LogP contribution in [0.3, 0.4) is 0 Å². The summed E-state index contributed by atoms with van der Waals surface area (Å²) in [6, 6.07) is 12.2. The van der Waals surface area contributed by atoms with Crippen molar-refractivity contribution in [3.8, 4) is 0 Å². The normalized spacial score (nSPS) is 14.7. The van der Waals surface area contributed by atoms with E-state index in [1.807, 2.05) is 18.2 Å². The maximum absolute atomic E-state index is 13.0. The van der Waals surface area contributed by atoms with E-state index in [1.165, 1.54) is 36.9 Å². The zero-order chi connectivity index (χ0) is 19.9. The highest BCUT2D eigenvalue weighted by Crippen LogP contribution is 2.29. The van der Waals surface area contributed by atoms with Crippen molar-refractivity contribution in [2.75, 3.05) is 6.54 Å². The van der Waals surface area contributed by atoms with Crippen molar-refractivity contribution >= 4 is 17.5 Å². The van der Waals surface area contributed by atoms with Crippen molar-refractivity contribution in [3.05, 3.63) is 58.9 Å². The van der Waals surface area contributed by atoms with Gasteiger partial charge in [0.2, 0.25) is 5.91 Å². The molecule has 1 saturated carbocycles. The molecule has 2 aromatic rings. The van der Waals surface area contributed by atoms with Crippen molar-refractivity contribution in [2.24, 2.45) is 11.8 Å². The van der Waals surface area contributed by atoms with Crippen LogP contribution in [0.5, 0.6) is 0 Å². The first kappa shape index (κ1) is 21.0. The molecule has 1 aromatic carbocycles. The van der Waals surface area contributed by atoms with Gasteiger partial charge in [0.25, 0.3) is 0 Å². The zero-order valence-electron chi connectivity index (χ0n) is 17.2. The van der Waals surface area contributed by atoms with E-state index in [9.17, 15) is 4.79 Å². The zero-order valence-corrected chi connectivity index (χ0v) is 18.0. The third-order valence-corrected chi connectivity index (χ3v) is 5.93. The van der Waals surface area contributed by atoms with Crippen molar-refractivity contribution in [3.63, 3.8) is 0 Å². The minimum absolute atomic E-state index is 0.302. The van der Waals surface area contributed by atoms with Crippen LogP contribution >= 0.6 is 11.6 Å². The number of hydrogen-bond donors (Lipinski definition) is 0. The number of nitrogens with zero attached hydrogens (tertiary/aromatic N) is 2. The molecule has 4 heteroatoms. The second kappa shape index (κ2) is 10.2. The predicted molar refractivity (Wildman–Crippen MR) is 116 cm³/mol. The van der Waals surface area contributed by atoms with Crippen LogP contribution in [0.25, 0.3) is 0 Å². The van der Waals surface area contributed by atoms with E-state index >= 15 is 0 Å². The van der Waals surface area contributed by atoms with Crippen LogP contribution in [-0.2, 0) is 17.9 Å². The second-order valence-corrected chi connectivity index (χ2v) is 9.05. The second-order valence-electron chi connectivity index (χ2n) is 8.61. The summed E-state index contributed by atoms with van der Waals surface area (Å²) in [6.07, 6.45) is 9.12. The number of hydrogen-bond acceptors (Lipinski definition) is 1. The van der Waals surface area contributed by atoms with E-state index < -0.39 is 0 Å². The highest BCUT2D eigenvalue weighted by molar-refractivity contribution is 6.30. The van der Waals surface area contributed by atoms with Gasteiger partial charge in [-0.2, -0.15) is 0 Å². The van der Waals surface area contributed by atoms with Gasteiger partial charge in [0.15, 0.2) is 0 Å². The molecule has 1 aliphatic rings. The number of benzene rings is 1. The lowest BCUT2D eigenvalue weighted by atomic mass is 10.0. The van der Waals surface area contributed by atoms with Crippen LogP contribution in [0.15, 0.2) is 42.6 Å². The Morgan fingerprint density at radius 2 is 2.00 bits per heavy atom. The first-order valence-electron chi connectivity index (χ1n) is 10.7. The lowest BCUT2D eigenvalue weighted by Gasteiger charge is -2.26. The van der Waals surface area contributed by atoms with Crippen LogP contribution in [0.2, 0.25) is 5.02 Å². The fraction of sp³-hybridized carbons (Fsp3) is 0.542. The predicted octanol–water partition coefficient (Wildman–Crippen LogP) is 6.14. The molecular weight excluding hydrogens is 368 g/mol. The Morgan fingerprint density at radius 1 is 1.21 bits per heavy atom. The van der Waals surface area contributed by atoms with Gasteiger partial charge in [-0.15, -0.1) is 0 Å². The summed E-state index contributed by atoms with van der Waals surface area (Å²) in [7, 11) is 0. The van der Waals surface area contributed by atoms with Gasteiger partial charge in [-0.05, 0) is 48.1 Å². The van der Waals surface area contributed by atoms with Crippen molar-refractivity contribution < 1.29 is 4.79 Å². The maximum atomic E-state index is 13.0. The molecule has 1 aromatic heterocycles. The third kappa shape index (κ3) is 6.13. The number of halogens is 1. The van der Waals surface area contributed by atoms with Crippen LogP contribution in [0.4, 0.5) is 0 Å². The molecule has 0 aliphatic heterocycles. The molecule has 1 fully saturated rings. The average molecular weight is 401 g/mol. The summed E-state index contributed by atoms with van der Waals surface area (Å²) in [5, 5.41) is 0.759. The fourth-order valence-corrected chi connectivity index (χ4v) is 4.47. The molecule has 0 spiro atoms. The SMILES string of the molecule is CC(C)CN(Cc1cccn1Cc1cccc(Cl)c1)C(=O)CCC1CCCC1. The average Bonchev–Trinajstić information content (AvgIpc) is 3.31. The van der Waals surface area contributed by atoms with E-state index in [1.54, 1.807) is 0 Å². The summed E-state index contributed by atoms with van der Waals surface area (Å²) in [5.74, 6) is 1.53. The molecular formula is C24H33ClN2O. The molecule has 152 valence electrons. The summed E-state index contributed by atoms with van der Waals surface area (Å²) in [5.41, 5.74) is 2.35. The molecule has 1 aliphatic carbocycles. The Labute approximate surface area is 174 Å². The van der Waals surface area contributed by atoms with Crippen molar-refractivity contribution in [2.45, 2.75) is 65.5 Å². The Hall–Kier alpha value is -1.74. The van der Waals surface area contributed by atoms with E-state index in [0.717, 1.165) is 30.5 Å². The summed E-state index contributed by atoms with van der Waals surface area (Å²) in [6.45, 7) is 6.63. The molecule has 0 saturated heterocycles. The number of carbonyl (C=O) groups excluding carboxylic acids is 1. The third-order valence-electron chi connectivity index (χ3n) is 5.70. The highest BCUT2D eigenvalue weighted by Gasteiger charge is 2.20. The molecule has 3 nitrogen and oxygen atoms in total. The maximum Gasteiger partial charge on any atom is 0.222 e. The van der Waals surface area contributed by atoms with Crippen molar-refractivity contribution in [1.29, 1.82) is 0 Å². The first-order valence-corrected chi connectivity index (χ1v) is 11.1. The summed E-state index contributed by atoms with van der Waals surface area (Å²) in [4.78, 5) is 15.0. The van der Waals surface area contributed by atoms with Crippen LogP contribution in [-0.4, -0.2) is 21.9 Å². The number of amides is 1. The van der Waals surface area contributed by atoms with Crippen molar-refractivity contribution in [1.82, 2.24) is 9.47 Å². The van der Waals surface area contributed by atoms with Gasteiger partial charge in [-0.25, -0.2) is 0 Å². The Morgan fingerprint density at radius 3 is 2.71 bits per heavy atom. The van der Waals surface area contributed by atoms with Crippen LogP contribution < -0.4 is 0 Å². The molecule has 1 heterocycles. The molecule has 28 heavy (non-hydrogen) atoms. The molecule has 0 bridgehead atoms. The largest absolute Gasteiger partial charge is 0.345 e. The summed E-state index contributed by atoms with van der Waals surface area (Å²) < 4.78 is 2.23. The summed E-state index contributed by atoms with van der Waals surface area (Å²) >= 11 is 6.13. The smallest absolute Gasteiger partial charge is 0.222 e. The van der Waals surface area contributed by atoms with Gasteiger partial charge in [0, 0.05) is 36.4 Å². The quantitative estimate of drug-likeness (QED) is 0.495. The highest BCUT2D eigenvalue weighted by atomic mass is 35.5. The van der Waals surface area contributed by atoms with E-state index in [0.29, 0.717) is 24.8 Å². The molecule has 0 unspecified atom stereocenters. The van der Waals surface area contributed by atoms with Crippen LogP contribution in [0.1, 0.15) is 63.6 Å². The van der Waals surface area contributed by atoms with E-state index in [2.05, 4.69) is 47.7 Å². The number of carbonyl (C=O) groups is 1. The lowest BCUT2D eigenvalue weighted by molar-refractivity contribution is -0.132. The minimum Gasteiger partial charge on any atom is -0.345 e. The Bertz CT molecular complexity index is 761. The van der Waals surface area contributed by atoms with Gasteiger partial charge in [-0.1, -0.05) is 63.3 Å². The number of rotatable bonds is 9. The molecule has 0 radical (unpaired) electrons. The lowest BCUT2D eigenvalue weighted by Crippen LogP contribution is -2.34. The van der Waals surface area contributed by atoms with Gasteiger partial charge in [0.1, 0.15) is 0 Å². The molecule has 1 amide bonds. The van der Waals surface area contributed by atoms with Gasteiger partial charge in [0.05, 0.1) is 6.54 Å². The van der Waals surface area contributed by atoms with Gasteiger partial charge >= 0.3 is 0 Å². The standard InChI is InChI=1S/C24H33ClN2O/c1-19(2)16-27(24(28)13-12-20-7-3-4-8-20)18-23-11-6-14-26(23)17-21-9-5-10-22(25)15-21/h5-6,9-11,14-15,19-20H,3-4,7-8,12-13,16-18H2,1-2H3. The van der Waals surface area contributed by atoms with Crippen LogP contribution in [0, 0.1) is 11.8 Å². The topological polar surface area (TPSA) is 25.2 Å². The van der Waals surface area contributed by atoms with E-state index in [-0.39, 0.29) is 0 Å². The molecule has 0 N–H and O–H groups in total. The van der Waals surface area contributed by atoms with Gasteiger partial charge in [-0.3, -0.25) is 4.79 Å². The fourth-order valence-electron chi connectivity index (χ4n) is 4.25. The molecule has 0 atom stereocenters.